The maximum Gasteiger partial charge on any atom is 0.333 e. The molecule has 0 saturated carbocycles. The van der Waals surface area contributed by atoms with Crippen molar-refractivity contribution >= 4 is 22.7 Å². The highest BCUT2D eigenvalue weighted by Crippen LogP contribution is 2.43. The van der Waals surface area contributed by atoms with E-state index in [0.29, 0.717) is 61.7 Å². The second-order valence-electron chi connectivity index (χ2n) is 12.5. The van der Waals surface area contributed by atoms with Gasteiger partial charge in [-0.3, -0.25) is 13.9 Å². The van der Waals surface area contributed by atoms with Gasteiger partial charge < -0.3 is 19.1 Å². The van der Waals surface area contributed by atoms with Crippen molar-refractivity contribution in [3.05, 3.63) is 113 Å². The zero-order valence-electron chi connectivity index (χ0n) is 26.9. The van der Waals surface area contributed by atoms with E-state index >= 15 is 0 Å². The number of carbonyl (C=O) groups excluding carboxylic acids is 1. The summed E-state index contributed by atoms with van der Waals surface area (Å²) in [6, 6.07) is 30.4. The van der Waals surface area contributed by atoms with Crippen LogP contribution in [0.4, 0.5) is 5.69 Å². The average Bonchev–Trinajstić information content (AvgIpc) is 3.51. The van der Waals surface area contributed by atoms with Crippen LogP contribution in [0.5, 0.6) is 11.8 Å². The highest BCUT2D eigenvalue weighted by atomic mass is 16.5. The van der Waals surface area contributed by atoms with Crippen LogP contribution in [0.2, 0.25) is 0 Å². The highest BCUT2D eigenvalue weighted by Gasteiger charge is 2.41. The van der Waals surface area contributed by atoms with Gasteiger partial charge in [0.15, 0.2) is 0 Å². The van der Waals surface area contributed by atoms with Gasteiger partial charge in [0, 0.05) is 37.3 Å². The van der Waals surface area contributed by atoms with Crippen LogP contribution in [0, 0.1) is 5.92 Å². The minimum absolute atomic E-state index is 0.0968. The number of hydrogen-bond acceptors (Lipinski definition) is 7. The Kier molecular flexibility index (Phi) is 8.70. The zero-order valence-corrected chi connectivity index (χ0v) is 26.9. The summed E-state index contributed by atoms with van der Waals surface area (Å²) in [6.45, 7) is 2.93. The van der Waals surface area contributed by atoms with Gasteiger partial charge in [0.1, 0.15) is 18.9 Å². The lowest BCUT2D eigenvalue weighted by Gasteiger charge is -2.40. The summed E-state index contributed by atoms with van der Waals surface area (Å²) in [5, 5.41) is 0. The van der Waals surface area contributed by atoms with Gasteiger partial charge in [0.2, 0.25) is 11.8 Å². The summed E-state index contributed by atoms with van der Waals surface area (Å²) >= 11 is 0. The summed E-state index contributed by atoms with van der Waals surface area (Å²) in [5.41, 5.74) is 5.10. The first-order chi connectivity index (χ1) is 23.0. The number of anilines is 1. The number of piperidine rings is 1. The summed E-state index contributed by atoms with van der Waals surface area (Å²) in [5.74, 6) is 0.983. The average molecular weight is 633 g/mol. The van der Waals surface area contributed by atoms with E-state index in [9.17, 15) is 9.59 Å². The van der Waals surface area contributed by atoms with Gasteiger partial charge in [0.25, 0.3) is 0 Å². The number of fused-ring (bicyclic) bond motifs is 3. The third-order valence-corrected chi connectivity index (χ3v) is 9.43. The Morgan fingerprint density at radius 3 is 2.15 bits per heavy atom. The van der Waals surface area contributed by atoms with Crippen LogP contribution in [0.3, 0.4) is 0 Å². The largest absolute Gasteiger partial charge is 0.473 e. The van der Waals surface area contributed by atoms with Crippen LogP contribution < -0.4 is 20.1 Å². The minimum Gasteiger partial charge on any atom is -0.473 e. The number of benzene rings is 3. The van der Waals surface area contributed by atoms with Gasteiger partial charge in [0.05, 0.1) is 17.6 Å². The molecule has 3 atom stereocenters. The monoisotopic (exact) mass is 632 g/mol. The Morgan fingerprint density at radius 1 is 0.830 bits per heavy atom. The maximum atomic E-state index is 13.9. The van der Waals surface area contributed by atoms with Gasteiger partial charge in [-0.25, -0.2) is 4.79 Å². The number of rotatable bonds is 11. The van der Waals surface area contributed by atoms with Crippen molar-refractivity contribution in [2.24, 2.45) is 13.0 Å². The lowest BCUT2D eigenvalue weighted by Crippen LogP contribution is -2.43. The van der Waals surface area contributed by atoms with Gasteiger partial charge in [-0.1, -0.05) is 60.7 Å². The zero-order chi connectivity index (χ0) is 32.3. The van der Waals surface area contributed by atoms with Crippen molar-refractivity contribution in [2.75, 3.05) is 11.5 Å². The molecule has 2 aliphatic heterocycles. The summed E-state index contributed by atoms with van der Waals surface area (Å²) in [6.07, 6.45) is 4.65. The fraction of sp³-hybridized carbons (Fsp3) is 0.342. The molecular formula is C38H40N4O5. The number of aromatic nitrogens is 3. The maximum absolute atomic E-state index is 13.9. The van der Waals surface area contributed by atoms with E-state index < -0.39 is 0 Å². The smallest absolute Gasteiger partial charge is 0.333 e. The standard InChI is InChI=1S/C38H40N4O5/c1-3-45-36(43)22-28-20-29-14-15-30(21-28)41(29)31-16-17-32-34(23-31)40(2)38(44)42(32)33-18-19-35(46-24-26-10-6-4-7-11-26)39-37(33)47-25-27-12-8-5-9-13-27/h4-13,16-19,23,28-30H,3,14-15,20-22,24-25H2,1-2H3/t28-,29-,30+. The summed E-state index contributed by atoms with van der Waals surface area (Å²) in [4.78, 5) is 33.3. The lowest BCUT2D eigenvalue weighted by molar-refractivity contribution is -0.144. The molecule has 9 heteroatoms. The van der Waals surface area contributed by atoms with Crippen molar-refractivity contribution in [1.29, 1.82) is 0 Å². The molecule has 242 valence electrons. The molecule has 2 aromatic heterocycles. The van der Waals surface area contributed by atoms with Crippen molar-refractivity contribution in [1.82, 2.24) is 14.1 Å². The molecule has 2 fully saturated rings. The molecule has 2 bridgehead atoms. The molecule has 0 amide bonds. The Bertz CT molecular complexity index is 1910. The molecule has 9 nitrogen and oxygen atoms in total. The Hall–Kier alpha value is -5.05. The van der Waals surface area contributed by atoms with Crippen LogP contribution in [-0.4, -0.2) is 38.8 Å². The van der Waals surface area contributed by atoms with Crippen molar-refractivity contribution in [3.63, 3.8) is 0 Å². The SMILES string of the molecule is CCOC(=O)C[C@@H]1C[C@H]2CC[C@@H](C1)N2c1ccc2c(c1)n(C)c(=O)n2-c1ccc(OCc2ccccc2)nc1OCc1ccccc1. The number of aryl methyl sites for hydroxylation is 1. The summed E-state index contributed by atoms with van der Waals surface area (Å²) < 4.78 is 20.9. The molecule has 5 aromatic rings. The number of carbonyl (C=O) groups is 1. The molecule has 0 radical (unpaired) electrons. The molecule has 4 heterocycles. The summed E-state index contributed by atoms with van der Waals surface area (Å²) in [7, 11) is 1.81. The molecule has 0 aliphatic carbocycles. The van der Waals surface area contributed by atoms with Crippen molar-refractivity contribution in [2.45, 2.75) is 64.3 Å². The predicted molar refractivity (Wildman–Crippen MR) is 181 cm³/mol. The molecular weight excluding hydrogens is 592 g/mol. The number of pyridine rings is 1. The lowest BCUT2D eigenvalue weighted by atomic mass is 9.88. The first-order valence-corrected chi connectivity index (χ1v) is 16.5. The normalized spacial score (nSPS) is 18.8. The van der Waals surface area contributed by atoms with E-state index in [1.54, 1.807) is 22.2 Å². The molecule has 2 aliphatic rings. The second-order valence-corrected chi connectivity index (χ2v) is 12.5. The Labute approximate surface area is 274 Å². The first-order valence-electron chi connectivity index (χ1n) is 16.5. The second kappa shape index (κ2) is 13.4. The molecule has 7 rings (SSSR count). The van der Waals surface area contributed by atoms with Gasteiger partial charge in [-0.2, -0.15) is 4.98 Å². The van der Waals surface area contributed by atoms with E-state index in [0.717, 1.165) is 53.5 Å². The Balaban J connectivity index is 1.19. The van der Waals surface area contributed by atoms with Crippen LogP contribution in [0.25, 0.3) is 16.7 Å². The number of esters is 1. The first kappa shape index (κ1) is 30.6. The quantitative estimate of drug-likeness (QED) is 0.152. The van der Waals surface area contributed by atoms with E-state index in [1.807, 2.05) is 79.7 Å². The van der Waals surface area contributed by atoms with Crippen LogP contribution >= 0.6 is 0 Å². The minimum atomic E-state index is -0.183. The van der Waals surface area contributed by atoms with E-state index in [-0.39, 0.29) is 11.7 Å². The molecule has 2 saturated heterocycles. The van der Waals surface area contributed by atoms with Crippen molar-refractivity contribution < 1.29 is 19.0 Å². The van der Waals surface area contributed by atoms with Crippen LogP contribution in [-0.2, 0) is 29.8 Å². The van der Waals surface area contributed by atoms with E-state index in [1.165, 1.54) is 0 Å². The molecule has 47 heavy (non-hydrogen) atoms. The Morgan fingerprint density at radius 2 is 1.49 bits per heavy atom. The predicted octanol–water partition coefficient (Wildman–Crippen LogP) is 6.58. The molecule has 0 unspecified atom stereocenters. The van der Waals surface area contributed by atoms with Crippen molar-refractivity contribution in [3.8, 4) is 17.4 Å². The van der Waals surface area contributed by atoms with Gasteiger partial charge in [-0.05, 0) is 73.9 Å². The molecule has 0 spiro atoms. The third-order valence-electron chi connectivity index (χ3n) is 9.43. The molecule has 3 aromatic carbocycles. The van der Waals surface area contributed by atoms with E-state index in [2.05, 4.69) is 17.0 Å². The number of nitrogens with zero attached hydrogens (tertiary/aromatic N) is 4. The van der Waals surface area contributed by atoms with E-state index in [4.69, 9.17) is 19.2 Å². The third kappa shape index (κ3) is 6.35. The molecule has 0 N–H and O–H groups in total. The number of ether oxygens (including phenoxy) is 3. The van der Waals surface area contributed by atoms with Gasteiger partial charge >= 0.3 is 11.7 Å². The van der Waals surface area contributed by atoms with Crippen LogP contribution in [0.15, 0.2) is 95.8 Å². The fourth-order valence-corrected chi connectivity index (χ4v) is 7.28. The number of imidazole rings is 1. The van der Waals surface area contributed by atoms with Gasteiger partial charge in [-0.15, -0.1) is 0 Å². The van der Waals surface area contributed by atoms with Crippen LogP contribution in [0.1, 0.15) is 50.2 Å². The highest BCUT2D eigenvalue weighted by molar-refractivity contribution is 5.83. The fourth-order valence-electron chi connectivity index (χ4n) is 7.28. The topological polar surface area (TPSA) is 87.8 Å². The number of hydrogen-bond donors (Lipinski definition) is 0.